The van der Waals surface area contributed by atoms with E-state index < -0.39 is 11.7 Å². The number of carbonyl (C=O) groups excluding carboxylic acids is 1. The lowest BCUT2D eigenvalue weighted by atomic mass is 10.1. The number of ether oxygens (including phenoxy) is 3. The predicted octanol–water partition coefficient (Wildman–Crippen LogP) is 5.60. The lowest BCUT2D eigenvalue weighted by Gasteiger charge is -2.26. The number of hydrogen-bond acceptors (Lipinski definition) is 9. The van der Waals surface area contributed by atoms with Gasteiger partial charge in [-0.25, -0.2) is 9.78 Å². The second-order valence-electron chi connectivity index (χ2n) is 12.1. The number of carbonyl (C=O) groups is 1. The summed E-state index contributed by atoms with van der Waals surface area (Å²) in [5, 5.41) is 10.3. The highest BCUT2D eigenvalue weighted by atomic mass is 16.7. The van der Waals surface area contributed by atoms with Gasteiger partial charge in [0.05, 0.1) is 12.2 Å². The Morgan fingerprint density at radius 2 is 1.87 bits per heavy atom. The van der Waals surface area contributed by atoms with Crippen LogP contribution in [0.1, 0.15) is 81.4 Å². The topological polar surface area (TPSA) is 126 Å². The zero-order chi connectivity index (χ0) is 32.4. The maximum atomic E-state index is 11.7. The first kappa shape index (κ1) is 32.9. The molecule has 1 aromatic carbocycles. The molecule has 5 rings (SSSR count). The van der Waals surface area contributed by atoms with Crippen molar-refractivity contribution in [2.24, 2.45) is 0 Å². The minimum absolute atomic E-state index is 0.182. The zero-order valence-electron chi connectivity index (χ0n) is 26.9. The van der Waals surface area contributed by atoms with Crippen LogP contribution in [-0.2, 0) is 27.3 Å². The fourth-order valence-electron chi connectivity index (χ4n) is 4.87. The van der Waals surface area contributed by atoms with E-state index in [1.165, 1.54) is 0 Å². The Morgan fingerprint density at radius 3 is 2.61 bits per heavy atom. The monoisotopic (exact) mass is 626 g/mol. The number of hydrogen-bond donors (Lipinski definition) is 2. The Hall–Kier alpha value is -4.50. The van der Waals surface area contributed by atoms with Crippen LogP contribution in [0.15, 0.2) is 65.6 Å². The largest absolute Gasteiger partial charge is 0.444 e. The summed E-state index contributed by atoms with van der Waals surface area (Å²) in [5.41, 5.74) is 3.80. The van der Waals surface area contributed by atoms with E-state index in [2.05, 4.69) is 37.6 Å². The van der Waals surface area contributed by atoms with Crippen LogP contribution in [0.25, 0.3) is 11.3 Å². The number of nitrogens with zero attached hydrogens (tertiary/aromatic N) is 4. The van der Waals surface area contributed by atoms with Crippen molar-refractivity contribution in [2.45, 2.75) is 78.0 Å². The minimum Gasteiger partial charge on any atom is -0.444 e. The Balaban J connectivity index is 1.08. The van der Waals surface area contributed by atoms with Gasteiger partial charge in [-0.2, -0.15) is 0 Å². The van der Waals surface area contributed by atoms with Crippen molar-refractivity contribution in [2.75, 3.05) is 19.7 Å². The number of amides is 1. The quantitative estimate of drug-likeness (QED) is 0.162. The van der Waals surface area contributed by atoms with Gasteiger partial charge in [0.15, 0.2) is 12.1 Å². The van der Waals surface area contributed by atoms with Gasteiger partial charge in [0, 0.05) is 67.6 Å². The molecule has 11 nitrogen and oxygen atoms in total. The normalized spacial score (nSPS) is 15.5. The first-order chi connectivity index (χ1) is 22.2. The summed E-state index contributed by atoms with van der Waals surface area (Å²) in [6.07, 6.45) is 7.76. The molecular formula is C35H42N6O5. The third-order valence-electron chi connectivity index (χ3n) is 7.12. The van der Waals surface area contributed by atoms with E-state index >= 15 is 0 Å². The fraction of sp³-hybridized carbons (Fsp3) is 0.429. The van der Waals surface area contributed by atoms with Crippen molar-refractivity contribution in [1.29, 1.82) is 0 Å². The maximum Gasteiger partial charge on any atom is 0.407 e. The summed E-state index contributed by atoms with van der Waals surface area (Å²) in [6, 6.07) is 13.7. The molecule has 1 amide bonds. The van der Waals surface area contributed by atoms with Gasteiger partial charge in [-0.3, -0.25) is 4.98 Å². The number of alkyl carbamates (subject to hydrolysis) is 1. The summed E-state index contributed by atoms with van der Waals surface area (Å²) >= 11 is 0. The zero-order valence-corrected chi connectivity index (χ0v) is 26.9. The van der Waals surface area contributed by atoms with Gasteiger partial charge in [0.25, 0.3) is 0 Å². The van der Waals surface area contributed by atoms with Crippen LogP contribution < -0.4 is 10.6 Å². The predicted molar refractivity (Wildman–Crippen MR) is 173 cm³/mol. The van der Waals surface area contributed by atoms with E-state index in [0.29, 0.717) is 31.9 Å². The summed E-state index contributed by atoms with van der Waals surface area (Å²) in [7, 11) is 0. The molecule has 0 aliphatic carbocycles. The molecule has 2 unspecified atom stereocenters. The molecule has 1 saturated heterocycles. The summed E-state index contributed by atoms with van der Waals surface area (Å²) < 4.78 is 24.7. The summed E-state index contributed by atoms with van der Waals surface area (Å²) in [5.74, 6) is 7.87. The number of rotatable bonds is 11. The molecule has 11 heteroatoms. The Labute approximate surface area is 270 Å². The molecule has 242 valence electrons. The third kappa shape index (κ3) is 10.0. The molecule has 1 aliphatic rings. The smallest absolute Gasteiger partial charge is 0.407 e. The molecule has 4 heterocycles. The second kappa shape index (κ2) is 15.7. The average molecular weight is 627 g/mol. The first-order valence-corrected chi connectivity index (χ1v) is 15.7. The molecule has 4 aromatic rings. The summed E-state index contributed by atoms with van der Waals surface area (Å²) in [4.78, 5) is 20.7. The van der Waals surface area contributed by atoms with Gasteiger partial charge < -0.3 is 33.9 Å². The Kier molecular flexibility index (Phi) is 11.2. The molecule has 3 aromatic heterocycles. The average Bonchev–Trinajstić information content (AvgIpc) is 3.71. The van der Waals surface area contributed by atoms with Crippen LogP contribution in [-0.4, -0.2) is 57.4 Å². The van der Waals surface area contributed by atoms with Crippen molar-refractivity contribution in [3.05, 3.63) is 89.4 Å². The highest BCUT2D eigenvalue weighted by Crippen LogP contribution is 2.25. The molecule has 46 heavy (non-hydrogen) atoms. The van der Waals surface area contributed by atoms with Crippen molar-refractivity contribution in [3.8, 4) is 23.2 Å². The maximum absolute atomic E-state index is 11.7. The first-order valence-electron chi connectivity index (χ1n) is 15.7. The van der Waals surface area contributed by atoms with E-state index in [-0.39, 0.29) is 12.4 Å². The number of pyridine rings is 1. The van der Waals surface area contributed by atoms with Crippen molar-refractivity contribution in [1.82, 2.24) is 30.3 Å². The van der Waals surface area contributed by atoms with Gasteiger partial charge in [0.2, 0.25) is 0 Å². The highest BCUT2D eigenvalue weighted by Gasteiger charge is 2.21. The molecule has 0 spiro atoms. The van der Waals surface area contributed by atoms with E-state index in [4.69, 9.17) is 18.7 Å². The number of imidazole rings is 1. The standard InChI is InChI=1S/C35H42N6O5/c1-25(44-32-7-5-6-20-43-32)33-37-18-19-41(33)24-30-21-31(46-40-30)28-13-10-26(11-14-28)8-9-27-12-15-29(39-22-27)23-36-16-17-38-34(42)45-35(2,3)4/h10-15,18-19,21-22,25,32,36H,5-7,16-17,20,23-24H2,1-4H3,(H,38,42). The van der Waals surface area contributed by atoms with Gasteiger partial charge in [0.1, 0.15) is 23.2 Å². The lowest BCUT2D eigenvalue weighted by Crippen LogP contribution is -2.36. The van der Waals surface area contributed by atoms with Crippen molar-refractivity contribution < 1.29 is 23.5 Å². The van der Waals surface area contributed by atoms with Crippen LogP contribution in [0.2, 0.25) is 0 Å². The van der Waals surface area contributed by atoms with Crippen LogP contribution in [0.5, 0.6) is 0 Å². The van der Waals surface area contributed by atoms with Gasteiger partial charge in [-0.1, -0.05) is 17.0 Å². The van der Waals surface area contributed by atoms with Crippen LogP contribution in [0, 0.1) is 11.8 Å². The fourth-order valence-corrected chi connectivity index (χ4v) is 4.87. The Morgan fingerprint density at radius 1 is 1.07 bits per heavy atom. The third-order valence-corrected chi connectivity index (χ3v) is 7.12. The number of benzene rings is 1. The van der Waals surface area contributed by atoms with Gasteiger partial charge in [-0.15, -0.1) is 0 Å². The number of aromatic nitrogens is 4. The van der Waals surface area contributed by atoms with Gasteiger partial charge >= 0.3 is 6.09 Å². The van der Waals surface area contributed by atoms with E-state index in [0.717, 1.165) is 59.8 Å². The molecule has 0 bridgehead atoms. The second-order valence-corrected chi connectivity index (χ2v) is 12.1. The van der Waals surface area contributed by atoms with Crippen molar-refractivity contribution >= 4 is 6.09 Å². The van der Waals surface area contributed by atoms with Crippen LogP contribution >= 0.6 is 0 Å². The molecule has 0 radical (unpaired) electrons. The molecule has 2 atom stereocenters. The SMILES string of the molecule is CC(OC1CCCCO1)c1nccn1Cc1cc(-c2ccc(C#Cc3ccc(CNCCNC(=O)OC(C)(C)C)nc3)cc2)on1. The molecule has 0 saturated carbocycles. The number of nitrogens with one attached hydrogen (secondary N) is 2. The molecular weight excluding hydrogens is 584 g/mol. The van der Waals surface area contributed by atoms with Gasteiger partial charge in [-0.05, 0) is 83.4 Å². The van der Waals surface area contributed by atoms with E-state index in [1.807, 2.05) is 80.9 Å². The molecule has 1 fully saturated rings. The van der Waals surface area contributed by atoms with Crippen LogP contribution in [0.3, 0.4) is 0 Å². The minimum atomic E-state index is -0.509. The van der Waals surface area contributed by atoms with E-state index in [1.54, 1.807) is 12.4 Å². The molecule has 2 N–H and O–H groups in total. The summed E-state index contributed by atoms with van der Waals surface area (Å²) in [6.45, 7) is 10.4. The van der Waals surface area contributed by atoms with E-state index in [9.17, 15) is 4.79 Å². The highest BCUT2D eigenvalue weighted by molar-refractivity contribution is 5.67. The molecule has 1 aliphatic heterocycles. The Bertz CT molecular complexity index is 1610. The van der Waals surface area contributed by atoms with Crippen molar-refractivity contribution in [3.63, 3.8) is 0 Å². The lowest BCUT2D eigenvalue weighted by molar-refractivity contribution is -0.188. The van der Waals surface area contributed by atoms with Crippen LogP contribution in [0.4, 0.5) is 4.79 Å².